The summed E-state index contributed by atoms with van der Waals surface area (Å²) < 4.78 is 5.42. The number of carbonyl (C=O) groups excluding carboxylic acids is 2. The second-order valence-corrected chi connectivity index (χ2v) is 12.0. The number of hydrogen-bond donors (Lipinski definition) is 2. The zero-order valence-corrected chi connectivity index (χ0v) is 23.3. The summed E-state index contributed by atoms with van der Waals surface area (Å²) in [6.07, 6.45) is 5.08. The topological polar surface area (TPSA) is 87.9 Å². The lowest BCUT2D eigenvalue weighted by Crippen LogP contribution is -2.58. The van der Waals surface area contributed by atoms with E-state index in [1.165, 1.54) is 9.75 Å². The van der Waals surface area contributed by atoms with Crippen LogP contribution in [-0.4, -0.2) is 72.6 Å². The summed E-state index contributed by atoms with van der Waals surface area (Å²) in [5, 5.41) is 3.28. The van der Waals surface area contributed by atoms with Crippen molar-refractivity contribution in [2.24, 2.45) is 5.73 Å². The molecule has 2 amide bonds. The van der Waals surface area contributed by atoms with Crippen LogP contribution in [0, 0.1) is 13.8 Å². The number of benzene rings is 1. The summed E-state index contributed by atoms with van der Waals surface area (Å²) in [5.41, 5.74) is 7.83. The number of amides is 2. The number of thiophene rings is 1. The lowest BCUT2D eigenvalue weighted by Gasteiger charge is -2.43. The van der Waals surface area contributed by atoms with Crippen LogP contribution in [0.1, 0.15) is 64.2 Å². The highest BCUT2D eigenvalue weighted by Crippen LogP contribution is 2.28. The quantitative estimate of drug-likeness (QED) is 0.518. The minimum atomic E-state index is -0.502. The Morgan fingerprint density at radius 2 is 1.81 bits per heavy atom. The predicted octanol–water partition coefficient (Wildman–Crippen LogP) is 3.87. The van der Waals surface area contributed by atoms with Crippen LogP contribution in [-0.2, 0) is 16.1 Å². The van der Waals surface area contributed by atoms with Crippen molar-refractivity contribution in [3.05, 3.63) is 57.3 Å². The molecule has 1 unspecified atom stereocenters. The molecule has 1 saturated carbocycles. The molecule has 7 nitrogen and oxygen atoms in total. The molecule has 8 heteroatoms. The first-order valence-electron chi connectivity index (χ1n) is 13.6. The first kappa shape index (κ1) is 27.8. The molecule has 1 aromatic carbocycles. The number of aryl methyl sites for hydroxylation is 2. The van der Waals surface area contributed by atoms with Crippen molar-refractivity contribution < 1.29 is 14.3 Å². The Morgan fingerprint density at radius 1 is 1.08 bits per heavy atom. The Balaban J connectivity index is 1.53. The number of methoxy groups -OCH3 is 1. The molecule has 1 aliphatic carbocycles. The van der Waals surface area contributed by atoms with E-state index in [1.54, 1.807) is 12.0 Å². The van der Waals surface area contributed by atoms with Crippen LogP contribution in [0.15, 0.2) is 36.4 Å². The molecule has 37 heavy (non-hydrogen) atoms. The summed E-state index contributed by atoms with van der Waals surface area (Å²) in [6, 6.07) is 12.0. The van der Waals surface area contributed by atoms with Gasteiger partial charge in [-0.2, -0.15) is 0 Å². The maximum absolute atomic E-state index is 13.7. The zero-order valence-electron chi connectivity index (χ0n) is 22.4. The van der Waals surface area contributed by atoms with Gasteiger partial charge in [-0.1, -0.05) is 17.7 Å². The molecule has 202 valence electrons. The summed E-state index contributed by atoms with van der Waals surface area (Å²) in [5.74, 6) is -0.106. The average Bonchev–Trinajstić information content (AvgIpc) is 3.32. The number of hydrogen-bond acceptors (Lipinski definition) is 6. The number of carbonyl (C=O) groups is 2. The summed E-state index contributed by atoms with van der Waals surface area (Å²) in [6.45, 7) is 6.94. The van der Waals surface area contributed by atoms with Gasteiger partial charge in [-0.25, -0.2) is 0 Å². The van der Waals surface area contributed by atoms with E-state index in [-0.39, 0.29) is 29.9 Å². The van der Waals surface area contributed by atoms with Crippen molar-refractivity contribution in [1.29, 1.82) is 0 Å². The van der Waals surface area contributed by atoms with Crippen LogP contribution in [0.25, 0.3) is 0 Å². The maximum Gasteiger partial charge on any atom is 0.254 e. The van der Waals surface area contributed by atoms with Gasteiger partial charge in [-0.05, 0) is 76.6 Å². The van der Waals surface area contributed by atoms with E-state index in [4.69, 9.17) is 10.5 Å². The van der Waals surface area contributed by atoms with Crippen molar-refractivity contribution in [2.45, 2.75) is 83.1 Å². The van der Waals surface area contributed by atoms with Crippen LogP contribution >= 0.6 is 11.3 Å². The summed E-state index contributed by atoms with van der Waals surface area (Å²) >= 11 is 1.81. The van der Waals surface area contributed by atoms with Crippen LogP contribution in [0.4, 0.5) is 0 Å². The molecule has 1 saturated heterocycles. The van der Waals surface area contributed by atoms with Crippen LogP contribution in [0.2, 0.25) is 0 Å². The Kier molecular flexibility index (Phi) is 9.76. The number of piperidine rings is 1. The van der Waals surface area contributed by atoms with Gasteiger partial charge in [0.15, 0.2) is 0 Å². The van der Waals surface area contributed by atoms with Crippen molar-refractivity contribution in [2.75, 3.05) is 26.8 Å². The third kappa shape index (κ3) is 7.41. The Bertz CT molecular complexity index is 1030. The fourth-order valence-corrected chi connectivity index (χ4v) is 6.48. The van der Waals surface area contributed by atoms with Gasteiger partial charge in [0.2, 0.25) is 5.91 Å². The minimum absolute atomic E-state index is 0.0377. The molecule has 2 atom stereocenters. The molecule has 2 aliphatic rings. The van der Waals surface area contributed by atoms with E-state index in [9.17, 15) is 9.59 Å². The zero-order chi connectivity index (χ0) is 26.4. The van der Waals surface area contributed by atoms with Gasteiger partial charge in [0.05, 0.1) is 6.61 Å². The van der Waals surface area contributed by atoms with Crippen molar-refractivity contribution in [1.82, 2.24) is 15.1 Å². The van der Waals surface area contributed by atoms with Gasteiger partial charge in [-0.3, -0.25) is 14.5 Å². The van der Waals surface area contributed by atoms with E-state index < -0.39 is 6.04 Å². The van der Waals surface area contributed by atoms with E-state index in [0.717, 1.165) is 50.8 Å². The van der Waals surface area contributed by atoms with Gasteiger partial charge >= 0.3 is 0 Å². The molecule has 2 aromatic rings. The normalized spacial score (nSPS) is 24.3. The lowest BCUT2D eigenvalue weighted by atomic mass is 9.90. The molecule has 0 radical (unpaired) electrons. The van der Waals surface area contributed by atoms with Gasteiger partial charge in [0, 0.05) is 60.2 Å². The van der Waals surface area contributed by atoms with Crippen LogP contribution in [0.3, 0.4) is 0 Å². The first-order chi connectivity index (χ1) is 17.8. The van der Waals surface area contributed by atoms with Crippen molar-refractivity contribution in [3.63, 3.8) is 0 Å². The highest BCUT2D eigenvalue weighted by Gasteiger charge is 2.39. The smallest absolute Gasteiger partial charge is 0.254 e. The molecule has 1 aliphatic heterocycles. The number of nitrogens with one attached hydrogen (secondary N) is 1. The Labute approximate surface area is 225 Å². The number of rotatable bonds is 9. The second-order valence-electron chi connectivity index (χ2n) is 10.7. The molecule has 0 spiro atoms. The van der Waals surface area contributed by atoms with E-state index in [2.05, 4.69) is 29.3 Å². The van der Waals surface area contributed by atoms with Gasteiger partial charge in [0.1, 0.15) is 6.04 Å². The summed E-state index contributed by atoms with van der Waals surface area (Å²) in [7, 11) is 1.72. The van der Waals surface area contributed by atoms with Crippen molar-refractivity contribution in [3.8, 4) is 0 Å². The molecule has 2 heterocycles. The average molecular weight is 527 g/mol. The predicted molar refractivity (Wildman–Crippen MR) is 149 cm³/mol. The number of nitrogens with two attached hydrogens (primary N) is 1. The monoisotopic (exact) mass is 526 g/mol. The maximum atomic E-state index is 13.7. The standard InChI is InChI=1S/C29H42N4O3S/c1-20-4-7-22(8-5-20)29(35)33-15-14-25(32(16-17-36-3)19-26-13-6-21(2)37-26)18-27(33)28(34)31-24-11-9-23(30)10-12-24/h4-8,13,23-25,27H,9-12,14-19,30H2,1-3H3,(H,31,34)/t23?,24?,25?,27-/m1/s1. The van der Waals surface area contributed by atoms with Gasteiger partial charge < -0.3 is 20.7 Å². The third-order valence-corrected chi connectivity index (χ3v) is 8.79. The highest BCUT2D eigenvalue weighted by atomic mass is 32.1. The molecule has 0 bridgehead atoms. The Morgan fingerprint density at radius 3 is 2.46 bits per heavy atom. The van der Waals surface area contributed by atoms with Gasteiger partial charge in [0.25, 0.3) is 5.91 Å². The fourth-order valence-electron chi connectivity index (χ4n) is 5.56. The summed E-state index contributed by atoms with van der Waals surface area (Å²) in [4.78, 5) is 34.2. The van der Waals surface area contributed by atoms with E-state index >= 15 is 0 Å². The van der Waals surface area contributed by atoms with Crippen LogP contribution in [0.5, 0.6) is 0 Å². The molecule has 2 fully saturated rings. The molecule has 4 rings (SSSR count). The van der Waals surface area contributed by atoms with Gasteiger partial charge in [-0.15, -0.1) is 11.3 Å². The molecular formula is C29H42N4O3S. The SMILES string of the molecule is COCCN(Cc1ccc(C)s1)C1CCN(C(=O)c2ccc(C)cc2)[C@@H](C(=O)NC2CCC(N)CC2)C1. The fraction of sp³-hybridized carbons (Fsp3) is 0.586. The minimum Gasteiger partial charge on any atom is -0.383 e. The highest BCUT2D eigenvalue weighted by molar-refractivity contribution is 7.11. The first-order valence-corrected chi connectivity index (χ1v) is 14.4. The third-order valence-electron chi connectivity index (χ3n) is 7.81. The van der Waals surface area contributed by atoms with E-state index in [0.29, 0.717) is 25.1 Å². The van der Waals surface area contributed by atoms with Crippen LogP contribution < -0.4 is 11.1 Å². The molecular weight excluding hydrogens is 484 g/mol. The largest absolute Gasteiger partial charge is 0.383 e. The lowest BCUT2D eigenvalue weighted by molar-refractivity contribution is -0.128. The Hall–Kier alpha value is -2.26. The number of likely N-dealkylation sites (tertiary alicyclic amines) is 1. The molecule has 3 N–H and O–H groups in total. The molecule has 1 aromatic heterocycles. The van der Waals surface area contributed by atoms with E-state index in [1.807, 2.05) is 42.5 Å². The number of ether oxygens (including phenoxy) is 1. The number of nitrogens with zero attached hydrogens (tertiary/aromatic N) is 2. The second kappa shape index (κ2) is 13.0. The van der Waals surface area contributed by atoms with Crippen molar-refractivity contribution >= 4 is 23.2 Å².